The molecule has 0 heterocycles. The van der Waals surface area contributed by atoms with Crippen LogP contribution in [0.5, 0.6) is 0 Å². The number of hydrogen-bond acceptors (Lipinski definition) is 0. The Morgan fingerprint density at radius 2 is 1.13 bits per heavy atom. The molecule has 0 nitrogen and oxygen atoms in total. The van der Waals surface area contributed by atoms with E-state index in [1.54, 1.807) is 0 Å². The highest BCUT2D eigenvalue weighted by molar-refractivity contribution is 6.33. The zero-order chi connectivity index (χ0) is 21.7. The van der Waals surface area contributed by atoms with Crippen molar-refractivity contribution in [2.45, 2.75) is 13.8 Å². The summed E-state index contributed by atoms with van der Waals surface area (Å²) in [6.07, 6.45) is 0. The number of fused-ring (bicyclic) bond motifs is 3. The van der Waals surface area contributed by atoms with Gasteiger partial charge in [-0.1, -0.05) is 95.5 Å². The van der Waals surface area contributed by atoms with Crippen molar-refractivity contribution in [1.82, 2.24) is 0 Å². The molecule has 0 aliphatic carbocycles. The van der Waals surface area contributed by atoms with E-state index >= 15 is 4.39 Å². The highest BCUT2D eigenvalue weighted by Crippen LogP contribution is 2.46. The zero-order valence-electron chi connectivity index (χ0n) is 17.1. The summed E-state index contributed by atoms with van der Waals surface area (Å²) in [5.74, 6) is -1.49. The largest absolute Gasteiger partial charge is 0.205 e. The van der Waals surface area contributed by atoms with Gasteiger partial charge in [0.2, 0.25) is 0 Å². The molecule has 5 rings (SSSR count). The molecule has 0 N–H and O–H groups in total. The molecule has 0 aliphatic heterocycles. The molecule has 0 aliphatic rings. The van der Waals surface area contributed by atoms with E-state index in [9.17, 15) is 4.39 Å². The minimum Gasteiger partial charge on any atom is -0.205 e. The quantitative estimate of drug-likeness (QED) is 0.194. The third-order valence-corrected chi connectivity index (χ3v) is 6.18. The maximum absolute atomic E-state index is 15.6. The molecule has 3 heteroatoms. The summed E-state index contributed by atoms with van der Waals surface area (Å²) in [6.45, 7) is 4.04. The minimum absolute atomic E-state index is 0.338. The molecule has 5 aromatic carbocycles. The predicted octanol–water partition coefficient (Wildman–Crippen LogP) is 8.88. The Bertz CT molecular complexity index is 1450. The van der Waals surface area contributed by atoms with Crippen molar-refractivity contribution >= 4 is 33.1 Å². The van der Waals surface area contributed by atoms with Crippen LogP contribution < -0.4 is 0 Å². The van der Waals surface area contributed by atoms with Crippen molar-refractivity contribution in [2.24, 2.45) is 0 Å². The molecule has 0 radical (unpaired) electrons. The van der Waals surface area contributed by atoms with Crippen LogP contribution in [-0.4, -0.2) is 0 Å². The third kappa shape index (κ3) is 3.19. The molecule has 5 aromatic rings. The van der Waals surface area contributed by atoms with Gasteiger partial charge < -0.3 is 0 Å². The lowest BCUT2D eigenvalue weighted by Crippen LogP contribution is -1.96. The first-order valence-corrected chi connectivity index (χ1v) is 10.5. The van der Waals surface area contributed by atoms with Gasteiger partial charge in [0.1, 0.15) is 10.8 Å². The van der Waals surface area contributed by atoms with Crippen molar-refractivity contribution in [2.75, 3.05) is 0 Å². The highest BCUT2D eigenvalue weighted by atomic mass is 35.5. The van der Waals surface area contributed by atoms with E-state index in [1.165, 1.54) is 6.07 Å². The molecule has 0 fully saturated rings. The van der Waals surface area contributed by atoms with E-state index in [2.05, 4.69) is 0 Å². The Hall–Kier alpha value is -3.23. The number of halogens is 3. The van der Waals surface area contributed by atoms with E-state index in [0.717, 1.165) is 44.2 Å². The van der Waals surface area contributed by atoms with Gasteiger partial charge >= 0.3 is 0 Å². The lowest BCUT2D eigenvalue weighted by molar-refractivity contribution is 0.593. The second-order valence-corrected chi connectivity index (χ2v) is 8.31. The predicted molar refractivity (Wildman–Crippen MR) is 127 cm³/mol. The summed E-state index contributed by atoms with van der Waals surface area (Å²) in [7, 11) is 0. The van der Waals surface area contributed by atoms with Crippen molar-refractivity contribution in [1.29, 1.82) is 0 Å². The van der Waals surface area contributed by atoms with Gasteiger partial charge in [0.05, 0.1) is 0 Å². The molecule has 0 amide bonds. The van der Waals surface area contributed by atoms with Crippen LogP contribution >= 0.6 is 11.6 Å². The van der Waals surface area contributed by atoms with Crippen molar-refractivity contribution in [3.63, 3.8) is 0 Å². The average Bonchev–Trinajstić information content (AvgIpc) is 2.78. The van der Waals surface area contributed by atoms with E-state index in [-0.39, 0.29) is 0 Å². The molecule has 0 bridgehead atoms. The van der Waals surface area contributed by atoms with E-state index in [0.29, 0.717) is 10.8 Å². The van der Waals surface area contributed by atoms with Crippen molar-refractivity contribution in [3.05, 3.63) is 107 Å². The smallest absolute Gasteiger partial charge is 0.153 e. The summed E-state index contributed by atoms with van der Waals surface area (Å²) in [6, 6.07) is 25.2. The normalized spacial score (nSPS) is 11.4. The number of hydrogen-bond donors (Lipinski definition) is 0. The Morgan fingerprint density at radius 3 is 1.71 bits per heavy atom. The Kier molecular flexibility index (Phi) is 4.75. The molecule has 0 atom stereocenters. The second-order valence-electron chi connectivity index (χ2n) is 7.94. The summed E-state index contributed by atoms with van der Waals surface area (Å²) in [5.41, 5.74) is 5.71. The molecule has 31 heavy (non-hydrogen) atoms. The minimum atomic E-state index is -0.755. The van der Waals surface area contributed by atoms with Gasteiger partial charge in [-0.2, -0.15) is 0 Å². The van der Waals surface area contributed by atoms with E-state index < -0.39 is 16.7 Å². The third-order valence-electron chi connectivity index (χ3n) is 5.83. The van der Waals surface area contributed by atoms with Gasteiger partial charge in [-0.3, -0.25) is 0 Å². The van der Waals surface area contributed by atoms with Crippen LogP contribution in [0, 0.1) is 25.5 Å². The number of benzene rings is 5. The molecule has 0 aromatic heterocycles. The van der Waals surface area contributed by atoms with Crippen LogP contribution in [0.15, 0.2) is 78.9 Å². The van der Waals surface area contributed by atoms with Crippen LogP contribution in [0.2, 0.25) is 5.02 Å². The van der Waals surface area contributed by atoms with E-state index in [4.69, 9.17) is 11.6 Å². The summed E-state index contributed by atoms with van der Waals surface area (Å²) >= 11 is 6.06. The van der Waals surface area contributed by atoms with Gasteiger partial charge in [0.15, 0.2) is 5.82 Å². The van der Waals surface area contributed by atoms with Gasteiger partial charge in [0.25, 0.3) is 0 Å². The first-order valence-electron chi connectivity index (χ1n) is 10.1. The van der Waals surface area contributed by atoms with Crippen LogP contribution in [0.1, 0.15) is 11.1 Å². The first kappa shape index (κ1) is 19.7. The van der Waals surface area contributed by atoms with Gasteiger partial charge in [-0.05, 0) is 52.8 Å². The van der Waals surface area contributed by atoms with Gasteiger partial charge in [-0.15, -0.1) is 0 Å². The summed E-state index contributed by atoms with van der Waals surface area (Å²) in [5, 5.41) is 2.10. The number of rotatable bonds is 2. The van der Waals surface area contributed by atoms with E-state index in [1.807, 2.05) is 86.6 Å². The Morgan fingerprint density at radius 1 is 0.613 bits per heavy atom. The molecule has 0 saturated heterocycles. The molecule has 0 unspecified atom stereocenters. The lowest BCUT2D eigenvalue weighted by atomic mass is 9.84. The fourth-order valence-electron chi connectivity index (χ4n) is 4.28. The molecular formula is C28H19ClF2. The van der Waals surface area contributed by atoms with Crippen LogP contribution in [-0.2, 0) is 0 Å². The summed E-state index contributed by atoms with van der Waals surface area (Å²) < 4.78 is 30.1. The van der Waals surface area contributed by atoms with Crippen LogP contribution in [0.25, 0.3) is 43.8 Å². The monoisotopic (exact) mass is 428 g/mol. The Labute approximate surface area is 184 Å². The Balaban J connectivity index is 2.08. The fraction of sp³-hybridized carbons (Fsp3) is 0.0714. The number of aryl methyl sites for hydroxylation is 2. The molecule has 0 saturated carbocycles. The topological polar surface area (TPSA) is 0 Å². The maximum Gasteiger partial charge on any atom is 0.153 e. The standard InChI is InChI=1S/C28H19ClF2/c1-16-7-11-18(12-8-16)24-21-6-4-3-5-20(21)22-15-23(30)27(29)28(31)26(22)25(24)19-13-9-17(2)10-14-19/h3-15H,1-2H3. The molecule has 152 valence electrons. The maximum atomic E-state index is 15.6. The van der Waals surface area contributed by atoms with Crippen molar-refractivity contribution in [3.8, 4) is 22.3 Å². The van der Waals surface area contributed by atoms with Gasteiger partial charge in [0, 0.05) is 10.9 Å². The zero-order valence-corrected chi connectivity index (χ0v) is 17.9. The average molecular weight is 429 g/mol. The first-order chi connectivity index (χ1) is 15.0. The SMILES string of the molecule is Cc1ccc(-c2c(-c3ccc(C)cc3)c3c(F)c(Cl)c(F)cc3c3ccccc23)cc1. The second kappa shape index (κ2) is 7.47. The fourth-order valence-corrected chi connectivity index (χ4v) is 4.43. The van der Waals surface area contributed by atoms with Crippen molar-refractivity contribution < 1.29 is 8.78 Å². The highest BCUT2D eigenvalue weighted by Gasteiger charge is 2.23. The van der Waals surface area contributed by atoms with Crippen LogP contribution in [0.4, 0.5) is 8.78 Å². The summed E-state index contributed by atoms with van der Waals surface area (Å²) in [4.78, 5) is 0. The van der Waals surface area contributed by atoms with Crippen LogP contribution in [0.3, 0.4) is 0 Å². The van der Waals surface area contributed by atoms with Gasteiger partial charge in [-0.25, -0.2) is 8.78 Å². The molecular weight excluding hydrogens is 410 g/mol. The lowest BCUT2D eigenvalue weighted by Gasteiger charge is -2.20. The molecule has 0 spiro atoms.